The SMILES string of the molecule is O=c1n(Cc2ccc(-c3ccccn3)nc2)nnn1C1CC1. The summed E-state index contributed by atoms with van der Waals surface area (Å²) in [6, 6.07) is 9.77. The molecule has 0 bridgehead atoms. The number of hydrogen-bond donors (Lipinski definition) is 0. The molecule has 1 saturated carbocycles. The van der Waals surface area contributed by atoms with Crippen molar-refractivity contribution in [2.75, 3.05) is 0 Å². The molecule has 0 amide bonds. The molecule has 0 N–H and O–H groups in total. The van der Waals surface area contributed by atoms with Gasteiger partial charge >= 0.3 is 5.69 Å². The summed E-state index contributed by atoms with van der Waals surface area (Å²) in [4.78, 5) is 20.8. The van der Waals surface area contributed by atoms with Crippen LogP contribution in [0, 0.1) is 0 Å². The summed E-state index contributed by atoms with van der Waals surface area (Å²) in [5.41, 5.74) is 2.38. The number of rotatable bonds is 4. The largest absolute Gasteiger partial charge is 0.364 e. The second kappa shape index (κ2) is 5.18. The number of aromatic nitrogens is 6. The number of tetrazole rings is 1. The Labute approximate surface area is 126 Å². The van der Waals surface area contributed by atoms with Crippen LogP contribution in [-0.2, 0) is 6.54 Å². The zero-order chi connectivity index (χ0) is 14.9. The predicted octanol–water partition coefficient (Wildman–Crippen LogP) is 1.28. The van der Waals surface area contributed by atoms with Gasteiger partial charge in [0.25, 0.3) is 0 Å². The Morgan fingerprint density at radius 3 is 2.59 bits per heavy atom. The lowest BCUT2D eigenvalue weighted by molar-refractivity contribution is 0.593. The molecule has 3 heterocycles. The quantitative estimate of drug-likeness (QED) is 0.724. The summed E-state index contributed by atoms with van der Waals surface area (Å²) in [5.74, 6) is 0. The van der Waals surface area contributed by atoms with Crippen LogP contribution in [0.3, 0.4) is 0 Å². The molecule has 3 aromatic heterocycles. The first-order chi connectivity index (χ1) is 10.8. The zero-order valence-corrected chi connectivity index (χ0v) is 11.8. The molecular formula is C15H14N6O. The van der Waals surface area contributed by atoms with Crippen LogP contribution in [-0.4, -0.2) is 29.8 Å². The van der Waals surface area contributed by atoms with E-state index in [1.54, 1.807) is 12.4 Å². The average molecular weight is 294 g/mol. The topological polar surface area (TPSA) is 78.5 Å². The van der Waals surface area contributed by atoms with Crippen molar-refractivity contribution in [2.24, 2.45) is 0 Å². The van der Waals surface area contributed by atoms with E-state index in [1.165, 1.54) is 9.36 Å². The Morgan fingerprint density at radius 1 is 1.05 bits per heavy atom. The molecule has 1 aliphatic rings. The molecule has 0 radical (unpaired) electrons. The van der Waals surface area contributed by atoms with Gasteiger partial charge in [-0.3, -0.25) is 9.97 Å². The van der Waals surface area contributed by atoms with Crippen LogP contribution in [0.4, 0.5) is 0 Å². The second-order valence-corrected chi connectivity index (χ2v) is 5.36. The van der Waals surface area contributed by atoms with Gasteiger partial charge in [0.05, 0.1) is 24.0 Å². The first kappa shape index (κ1) is 12.9. The molecule has 110 valence electrons. The minimum atomic E-state index is -0.156. The van der Waals surface area contributed by atoms with E-state index in [2.05, 4.69) is 20.4 Å². The fourth-order valence-electron chi connectivity index (χ4n) is 2.29. The summed E-state index contributed by atoms with van der Waals surface area (Å²) < 4.78 is 2.84. The molecule has 0 aliphatic heterocycles. The maximum absolute atomic E-state index is 12.1. The predicted molar refractivity (Wildman–Crippen MR) is 79.1 cm³/mol. The van der Waals surface area contributed by atoms with Crippen LogP contribution in [0.2, 0.25) is 0 Å². The van der Waals surface area contributed by atoms with E-state index >= 15 is 0 Å². The van der Waals surface area contributed by atoms with Gasteiger partial charge in [-0.2, -0.15) is 9.36 Å². The Hall–Kier alpha value is -2.83. The van der Waals surface area contributed by atoms with E-state index < -0.39 is 0 Å². The van der Waals surface area contributed by atoms with Gasteiger partial charge in [0, 0.05) is 12.4 Å². The van der Waals surface area contributed by atoms with Gasteiger partial charge < -0.3 is 0 Å². The fraction of sp³-hybridized carbons (Fsp3) is 0.267. The molecule has 0 saturated heterocycles. The Kier molecular flexibility index (Phi) is 3.03. The van der Waals surface area contributed by atoms with E-state index in [4.69, 9.17) is 0 Å². The number of nitrogens with zero attached hydrogens (tertiary/aromatic N) is 6. The monoisotopic (exact) mass is 294 g/mol. The zero-order valence-electron chi connectivity index (χ0n) is 11.8. The van der Waals surface area contributed by atoms with Crippen LogP contribution < -0.4 is 5.69 Å². The standard InChI is InChI=1S/C15H14N6O/c22-15-20(18-19-21(15)12-5-6-12)10-11-4-7-14(17-9-11)13-3-1-2-8-16-13/h1-4,7-9,12H,5-6,10H2. The third-order valence-corrected chi connectivity index (χ3v) is 3.64. The van der Waals surface area contributed by atoms with Gasteiger partial charge in [0.2, 0.25) is 0 Å². The van der Waals surface area contributed by atoms with Crippen molar-refractivity contribution >= 4 is 0 Å². The fourth-order valence-corrected chi connectivity index (χ4v) is 2.29. The van der Waals surface area contributed by atoms with Crippen molar-refractivity contribution in [1.82, 2.24) is 29.8 Å². The Balaban J connectivity index is 1.55. The maximum atomic E-state index is 12.1. The first-order valence-electron chi connectivity index (χ1n) is 7.20. The molecule has 1 aliphatic carbocycles. The smallest absolute Gasteiger partial charge is 0.255 e. The summed E-state index contributed by atoms with van der Waals surface area (Å²) in [7, 11) is 0. The molecule has 3 aromatic rings. The van der Waals surface area contributed by atoms with Gasteiger partial charge in [-0.25, -0.2) is 4.79 Å². The highest BCUT2D eigenvalue weighted by atomic mass is 16.2. The lowest BCUT2D eigenvalue weighted by Gasteiger charge is -2.02. The molecule has 0 spiro atoms. The third kappa shape index (κ3) is 2.41. The van der Waals surface area contributed by atoms with Crippen LogP contribution in [0.1, 0.15) is 24.4 Å². The lowest BCUT2D eigenvalue weighted by atomic mass is 10.2. The Morgan fingerprint density at radius 2 is 1.91 bits per heavy atom. The highest BCUT2D eigenvalue weighted by Crippen LogP contribution is 2.32. The van der Waals surface area contributed by atoms with Crippen molar-refractivity contribution in [3.05, 3.63) is 58.8 Å². The molecule has 7 heteroatoms. The highest BCUT2D eigenvalue weighted by Gasteiger charge is 2.27. The van der Waals surface area contributed by atoms with E-state index in [-0.39, 0.29) is 11.7 Å². The molecule has 1 fully saturated rings. The van der Waals surface area contributed by atoms with Crippen LogP contribution in [0.5, 0.6) is 0 Å². The first-order valence-corrected chi connectivity index (χ1v) is 7.20. The average Bonchev–Trinajstić information content (AvgIpc) is 3.35. The molecular weight excluding hydrogens is 280 g/mol. The van der Waals surface area contributed by atoms with Crippen molar-refractivity contribution in [3.8, 4) is 11.4 Å². The minimum absolute atomic E-state index is 0.156. The van der Waals surface area contributed by atoms with Crippen molar-refractivity contribution < 1.29 is 0 Å². The normalized spacial score (nSPS) is 14.2. The van der Waals surface area contributed by atoms with Crippen LogP contribution in [0.15, 0.2) is 47.5 Å². The van der Waals surface area contributed by atoms with Crippen molar-refractivity contribution in [3.63, 3.8) is 0 Å². The maximum Gasteiger partial charge on any atom is 0.364 e. The second-order valence-electron chi connectivity index (χ2n) is 5.36. The molecule has 0 unspecified atom stereocenters. The third-order valence-electron chi connectivity index (χ3n) is 3.64. The minimum Gasteiger partial charge on any atom is -0.255 e. The summed E-state index contributed by atoms with van der Waals surface area (Å²) in [5, 5.41) is 7.86. The Bertz CT molecular complexity index is 832. The number of hydrogen-bond acceptors (Lipinski definition) is 5. The molecule has 4 rings (SSSR count). The highest BCUT2D eigenvalue weighted by molar-refractivity contribution is 5.53. The number of pyridine rings is 2. The van der Waals surface area contributed by atoms with E-state index in [9.17, 15) is 4.79 Å². The van der Waals surface area contributed by atoms with E-state index in [0.717, 1.165) is 29.8 Å². The van der Waals surface area contributed by atoms with Crippen molar-refractivity contribution in [2.45, 2.75) is 25.4 Å². The van der Waals surface area contributed by atoms with E-state index in [0.29, 0.717) is 6.54 Å². The van der Waals surface area contributed by atoms with E-state index in [1.807, 2.05) is 30.3 Å². The molecule has 7 nitrogen and oxygen atoms in total. The molecule has 0 atom stereocenters. The molecule has 22 heavy (non-hydrogen) atoms. The summed E-state index contributed by atoms with van der Waals surface area (Å²) >= 11 is 0. The molecule has 0 aromatic carbocycles. The summed E-state index contributed by atoms with van der Waals surface area (Å²) in [6.07, 6.45) is 5.51. The van der Waals surface area contributed by atoms with Gasteiger partial charge in [-0.05, 0) is 47.0 Å². The van der Waals surface area contributed by atoms with Gasteiger partial charge in [0.15, 0.2) is 0 Å². The van der Waals surface area contributed by atoms with Gasteiger partial charge in [-0.15, -0.1) is 0 Å². The van der Waals surface area contributed by atoms with Gasteiger partial charge in [0.1, 0.15) is 0 Å². The van der Waals surface area contributed by atoms with Crippen molar-refractivity contribution in [1.29, 1.82) is 0 Å². The lowest BCUT2D eigenvalue weighted by Crippen LogP contribution is -2.25. The van der Waals surface area contributed by atoms with Crippen LogP contribution >= 0.6 is 0 Å². The van der Waals surface area contributed by atoms with Crippen LogP contribution in [0.25, 0.3) is 11.4 Å². The van der Waals surface area contributed by atoms with Gasteiger partial charge in [-0.1, -0.05) is 12.1 Å². The summed E-state index contributed by atoms with van der Waals surface area (Å²) in [6.45, 7) is 0.376.